The molecular formula is C19H19N3O2. The van der Waals surface area contributed by atoms with Crippen LogP contribution in [-0.4, -0.2) is 28.4 Å². The molecule has 0 fully saturated rings. The molecule has 0 saturated carbocycles. The molecule has 0 bridgehead atoms. The lowest BCUT2D eigenvalue weighted by atomic mass is 10.1. The first-order valence-corrected chi connectivity index (χ1v) is 7.96. The van der Waals surface area contributed by atoms with Crippen LogP contribution in [0.15, 0.2) is 48.5 Å². The number of H-pyrrole nitrogens is 1. The van der Waals surface area contributed by atoms with E-state index >= 15 is 0 Å². The molecular weight excluding hydrogens is 302 g/mol. The number of carbonyl (C=O) groups excluding carboxylic acids is 2. The molecule has 0 aliphatic carbocycles. The fraction of sp³-hybridized carbons (Fsp3) is 0.211. The van der Waals surface area contributed by atoms with E-state index in [1.165, 1.54) is 0 Å². The van der Waals surface area contributed by atoms with Crippen molar-refractivity contribution in [3.63, 3.8) is 0 Å². The number of rotatable bonds is 6. The minimum atomic E-state index is -0.128. The van der Waals surface area contributed by atoms with Gasteiger partial charge in [-0.1, -0.05) is 30.3 Å². The van der Waals surface area contributed by atoms with Crippen molar-refractivity contribution in [3.8, 4) is 11.3 Å². The van der Waals surface area contributed by atoms with E-state index in [0.29, 0.717) is 24.9 Å². The molecule has 2 N–H and O–H groups in total. The summed E-state index contributed by atoms with van der Waals surface area (Å²) < 4.78 is 0. The summed E-state index contributed by atoms with van der Waals surface area (Å²) >= 11 is 0. The standard InChI is InChI=1S/C19H19N3O2/c1-13(23)5-4-12-20-19(24)15-10-8-14(9-11-15)18-16-6-2-3-7-17(16)21-22-18/h2-3,6-11H,4-5,12H2,1H3,(H,20,24)(H,21,22). The summed E-state index contributed by atoms with van der Waals surface area (Å²) in [6, 6.07) is 15.3. The molecule has 0 spiro atoms. The van der Waals surface area contributed by atoms with E-state index < -0.39 is 0 Å². The van der Waals surface area contributed by atoms with Gasteiger partial charge < -0.3 is 10.1 Å². The molecule has 5 heteroatoms. The number of hydrogen-bond acceptors (Lipinski definition) is 3. The fourth-order valence-electron chi connectivity index (χ4n) is 2.60. The maximum absolute atomic E-state index is 12.1. The van der Waals surface area contributed by atoms with E-state index in [4.69, 9.17) is 0 Å². The largest absolute Gasteiger partial charge is 0.352 e. The first-order chi connectivity index (χ1) is 11.6. The van der Waals surface area contributed by atoms with Crippen LogP contribution in [-0.2, 0) is 4.79 Å². The van der Waals surface area contributed by atoms with Crippen molar-refractivity contribution in [1.82, 2.24) is 15.5 Å². The van der Waals surface area contributed by atoms with E-state index in [-0.39, 0.29) is 11.7 Å². The maximum Gasteiger partial charge on any atom is 0.251 e. The van der Waals surface area contributed by atoms with Gasteiger partial charge in [0.2, 0.25) is 0 Å². The van der Waals surface area contributed by atoms with E-state index in [1.54, 1.807) is 19.1 Å². The number of benzene rings is 2. The lowest BCUT2D eigenvalue weighted by Gasteiger charge is -2.05. The van der Waals surface area contributed by atoms with E-state index in [1.807, 2.05) is 36.4 Å². The van der Waals surface area contributed by atoms with Crippen LogP contribution >= 0.6 is 0 Å². The van der Waals surface area contributed by atoms with Gasteiger partial charge in [-0.15, -0.1) is 0 Å². The van der Waals surface area contributed by atoms with Gasteiger partial charge in [0, 0.05) is 29.5 Å². The first-order valence-electron chi connectivity index (χ1n) is 7.96. The third-order valence-electron chi connectivity index (χ3n) is 3.88. The smallest absolute Gasteiger partial charge is 0.251 e. The van der Waals surface area contributed by atoms with Crippen LogP contribution in [0.4, 0.5) is 0 Å². The second-order valence-electron chi connectivity index (χ2n) is 5.76. The summed E-state index contributed by atoms with van der Waals surface area (Å²) in [5, 5.41) is 11.3. The number of ketones is 1. The molecule has 0 unspecified atom stereocenters. The highest BCUT2D eigenvalue weighted by atomic mass is 16.1. The van der Waals surface area contributed by atoms with Gasteiger partial charge in [-0.2, -0.15) is 5.10 Å². The molecule has 2 aromatic carbocycles. The van der Waals surface area contributed by atoms with Crippen molar-refractivity contribution < 1.29 is 9.59 Å². The Morgan fingerprint density at radius 2 is 1.83 bits per heavy atom. The molecule has 3 rings (SSSR count). The third kappa shape index (κ3) is 3.51. The highest BCUT2D eigenvalue weighted by Crippen LogP contribution is 2.26. The van der Waals surface area contributed by atoms with Gasteiger partial charge in [-0.3, -0.25) is 9.89 Å². The molecule has 1 aromatic heterocycles. The number of hydrogen-bond donors (Lipinski definition) is 2. The molecule has 1 amide bonds. The van der Waals surface area contributed by atoms with Crippen molar-refractivity contribution in [2.24, 2.45) is 0 Å². The van der Waals surface area contributed by atoms with Gasteiger partial charge >= 0.3 is 0 Å². The Morgan fingerprint density at radius 3 is 2.58 bits per heavy atom. The number of carbonyl (C=O) groups is 2. The Balaban J connectivity index is 1.69. The number of para-hydroxylation sites is 1. The van der Waals surface area contributed by atoms with Crippen molar-refractivity contribution in [2.45, 2.75) is 19.8 Å². The van der Waals surface area contributed by atoms with Crippen LogP contribution in [0.3, 0.4) is 0 Å². The van der Waals surface area contributed by atoms with Gasteiger partial charge in [0.05, 0.1) is 11.2 Å². The average Bonchev–Trinajstić information content (AvgIpc) is 3.02. The number of aromatic amines is 1. The van der Waals surface area contributed by atoms with Gasteiger partial charge in [0.15, 0.2) is 0 Å². The summed E-state index contributed by atoms with van der Waals surface area (Å²) in [5.74, 6) is 0.0109. The Hall–Kier alpha value is -2.95. The molecule has 0 radical (unpaired) electrons. The van der Waals surface area contributed by atoms with Crippen LogP contribution in [0.25, 0.3) is 22.2 Å². The zero-order valence-electron chi connectivity index (χ0n) is 13.5. The highest BCUT2D eigenvalue weighted by Gasteiger charge is 2.09. The number of Topliss-reactive ketones (excluding diaryl/α,β-unsaturated/α-hetero) is 1. The van der Waals surface area contributed by atoms with Crippen molar-refractivity contribution >= 4 is 22.6 Å². The fourth-order valence-corrected chi connectivity index (χ4v) is 2.60. The summed E-state index contributed by atoms with van der Waals surface area (Å²) in [4.78, 5) is 23.0. The Morgan fingerprint density at radius 1 is 1.08 bits per heavy atom. The normalized spacial score (nSPS) is 10.7. The second-order valence-corrected chi connectivity index (χ2v) is 5.76. The van der Waals surface area contributed by atoms with Crippen molar-refractivity contribution in [2.75, 3.05) is 6.54 Å². The van der Waals surface area contributed by atoms with Crippen LogP contribution < -0.4 is 5.32 Å². The topological polar surface area (TPSA) is 74.8 Å². The zero-order chi connectivity index (χ0) is 16.9. The number of fused-ring (bicyclic) bond motifs is 1. The van der Waals surface area contributed by atoms with E-state index in [9.17, 15) is 9.59 Å². The van der Waals surface area contributed by atoms with Crippen LogP contribution in [0.2, 0.25) is 0 Å². The average molecular weight is 321 g/mol. The molecule has 1 heterocycles. The Kier molecular flexibility index (Phi) is 4.70. The van der Waals surface area contributed by atoms with Crippen LogP contribution in [0.5, 0.6) is 0 Å². The number of nitrogens with zero attached hydrogens (tertiary/aromatic N) is 1. The van der Waals surface area contributed by atoms with Crippen LogP contribution in [0.1, 0.15) is 30.1 Å². The maximum atomic E-state index is 12.1. The highest BCUT2D eigenvalue weighted by molar-refractivity contribution is 5.96. The molecule has 5 nitrogen and oxygen atoms in total. The Bertz CT molecular complexity index is 866. The predicted octanol–water partition coefficient (Wildman–Crippen LogP) is 3.33. The molecule has 0 saturated heterocycles. The summed E-state index contributed by atoms with van der Waals surface area (Å²) in [5.41, 5.74) is 3.42. The van der Waals surface area contributed by atoms with Crippen molar-refractivity contribution in [3.05, 3.63) is 54.1 Å². The molecule has 0 atom stereocenters. The molecule has 3 aromatic rings. The quantitative estimate of drug-likeness (QED) is 0.684. The molecule has 24 heavy (non-hydrogen) atoms. The summed E-state index contributed by atoms with van der Waals surface area (Å²) in [6.07, 6.45) is 1.16. The lowest BCUT2D eigenvalue weighted by molar-refractivity contribution is -0.117. The summed E-state index contributed by atoms with van der Waals surface area (Å²) in [7, 11) is 0. The minimum Gasteiger partial charge on any atom is -0.352 e. The van der Waals surface area contributed by atoms with Gasteiger partial charge in [0.25, 0.3) is 5.91 Å². The first kappa shape index (κ1) is 15.9. The van der Waals surface area contributed by atoms with E-state index in [2.05, 4.69) is 15.5 Å². The van der Waals surface area contributed by atoms with Crippen LogP contribution in [0, 0.1) is 0 Å². The monoisotopic (exact) mass is 321 g/mol. The Labute approximate surface area is 140 Å². The number of aromatic nitrogens is 2. The predicted molar refractivity (Wildman–Crippen MR) is 93.8 cm³/mol. The third-order valence-corrected chi connectivity index (χ3v) is 3.88. The minimum absolute atomic E-state index is 0.128. The molecule has 0 aliphatic rings. The number of amides is 1. The SMILES string of the molecule is CC(=O)CCCNC(=O)c1ccc(-c2n[nH]c3ccccc23)cc1. The molecule has 0 aliphatic heterocycles. The van der Waals surface area contributed by atoms with Gasteiger partial charge in [0.1, 0.15) is 5.78 Å². The molecule has 122 valence electrons. The number of nitrogens with one attached hydrogen (secondary N) is 2. The van der Waals surface area contributed by atoms with Gasteiger partial charge in [-0.05, 0) is 31.5 Å². The van der Waals surface area contributed by atoms with E-state index in [0.717, 1.165) is 22.2 Å². The summed E-state index contributed by atoms with van der Waals surface area (Å²) in [6.45, 7) is 2.06. The second kappa shape index (κ2) is 7.08. The lowest BCUT2D eigenvalue weighted by Crippen LogP contribution is -2.24. The zero-order valence-corrected chi connectivity index (χ0v) is 13.5. The van der Waals surface area contributed by atoms with Crippen molar-refractivity contribution in [1.29, 1.82) is 0 Å². The van der Waals surface area contributed by atoms with Gasteiger partial charge in [-0.25, -0.2) is 0 Å².